The first kappa shape index (κ1) is 33.6. The summed E-state index contributed by atoms with van der Waals surface area (Å²) >= 11 is 0. The number of esters is 1. The van der Waals surface area contributed by atoms with Gasteiger partial charge in [0.05, 0.1) is 24.0 Å². The lowest BCUT2D eigenvalue weighted by atomic mass is 9.94. The standard InChI is InChI=1S/C33H49NO8/c1-12-34(30(37)42-31(5,6)7)24-18-23(27-26(19-24)39-33(10,11)41-29(27)36)14-13-15-25-28(40-32(8,9)38-25)21(3)17-16-20(2)22(4)35/h13-14,16-22,25,28,35H,12,15H2,1-11H3/b14-13+,17-16-/t20-,21-,22+,25+,28-/m1/s1. The van der Waals surface area contributed by atoms with Crippen LogP contribution < -0.4 is 9.64 Å². The average molecular weight is 588 g/mol. The molecule has 42 heavy (non-hydrogen) atoms. The first-order chi connectivity index (χ1) is 19.3. The Labute approximate surface area is 250 Å². The highest BCUT2D eigenvalue weighted by molar-refractivity contribution is 6.00. The summed E-state index contributed by atoms with van der Waals surface area (Å²) in [5.74, 6) is -2.01. The van der Waals surface area contributed by atoms with E-state index in [1.807, 2.05) is 66.7 Å². The van der Waals surface area contributed by atoms with Crippen molar-refractivity contribution < 1.29 is 38.4 Å². The minimum Gasteiger partial charge on any atom is -0.452 e. The molecule has 0 unspecified atom stereocenters. The number of aliphatic hydroxyl groups is 1. The Balaban J connectivity index is 1.94. The van der Waals surface area contributed by atoms with Gasteiger partial charge in [-0.25, -0.2) is 9.59 Å². The molecule has 0 spiro atoms. The maximum absolute atomic E-state index is 13.1. The van der Waals surface area contributed by atoms with E-state index in [-0.39, 0.29) is 24.0 Å². The van der Waals surface area contributed by atoms with Gasteiger partial charge in [0.2, 0.25) is 5.79 Å². The minimum absolute atomic E-state index is 0.0231. The average Bonchev–Trinajstić information content (AvgIpc) is 3.14. The number of carbonyl (C=O) groups excluding carboxylic acids is 2. The number of cyclic esters (lactones) is 1. The Bertz CT molecular complexity index is 1190. The Morgan fingerprint density at radius 2 is 1.74 bits per heavy atom. The van der Waals surface area contributed by atoms with E-state index in [2.05, 4.69) is 13.0 Å². The van der Waals surface area contributed by atoms with Crippen LogP contribution in [0.3, 0.4) is 0 Å². The van der Waals surface area contributed by atoms with E-state index in [4.69, 9.17) is 23.7 Å². The van der Waals surface area contributed by atoms with Crippen LogP contribution in [-0.4, -0.2) is 59.2 Å². The molecular formula is C33H49NO8. The molecule has 1 aromatic carbocycles. The summed E-state index contributed by atoms with van der Waals surface area (Å²) in [6, 6.07) is 3.44. The summed E-state index contributed by atoms with van der Waals surface area (Å²) in [6.45, 7) is 20.6. The van der Waals surface area contributed by atoms with Gasteiger partial charge in [-0.3, -0.25) is 4.90 Å². The highest BCUT2D eigenvalue weighted by Crippen LogP contribution is 2.39. The molecule has 9 nitrogen and oxygen atoms in total. The number of carbonyl (C=O) groups is 2. The number of fused-ring (bicyclic) bond motifs is 1. The van der Waals surface area contributed by atoms with Gasteiger partial charge >= 0.3 is 12.1 Å². The summed E-state index contributed by atoms with van der Waals surface area (Å²) in [5.41, 5.74) is 0.718. The molecule has 0 aromatic heterocycles. The number of aliphatic hydroxyl groups excluding tert-OH is 1. The second-order valence-electron chi connectivity index (χ2n) is 13.1. The summed E-state index contributed by atoms with van der Waals surface area (Å²) in [5, 5.41) is 9.85. The fraction of sp³-hybridized carbons (Fsp3) is 0.636. The number of ether oxygens (including phenoxy) is 5. The van der Waals surface area contributed by atoms with Gasteiger partial charge in [0.1, 0.15) is 16.9 Å². The molecule has 3 rings (SSSR count). The van der Waals surface area contributed by atoms with E-state index in [1.54, 1.807) is 32.9 Å². The molecule has 1 saturated heterocycles. The summed E-state index contributed by atoms with van der Waals surface area (Å²) in [7, 11) is 0. The van der Waals surface area contributed by atoms with Crippen molar-refractivity contribution >= 4 is 23.8 Å². The minimum atomic E-state index is -1.16. The monoisotopic (exact) mass is 587 g/mol. The molecule has 0 aliphatic carbocycles. The number of amides is 1. The van der Waals surface area contributed by atoms with Crippen LogP contribution in [0.1, 0.15) is 98.5 Å². The highest BCUT2D eigenvalue weighted by Gasteiger charge is 2.42. The predicted octanol–water partition coefficient (Wildman–Crippen LogP) is 6.87. The maximum Gasteiger partial charge on any atom is 0.414 e. The maximum atomic E-state index is 13.1. The quantitative estimate of drug-likeness (QED) is 0.247. The molecule has 0 saturated carbocycles. The van der Waals surface area contributed by atoms with Crippen molar-refractivity contribution in [3.05, 3.63) is 41.5 Å². The number of benzene rings is 1. The van der Waals surface area contributed by atoms with Crippen LogP contribution in [0.4, 0.5) is 10.5 Å². The Morgan fingerprint density at radius 3 is 2.33 bits per heavy atom. The SMILES string of the molecule is CCN(C(=O)OC(C)(C)C)c1cc(/C=C/C[C@@H]2OC(C)(C)O[C@@H]2[C@H](C)/C=C\[C@@H](C)[C@H](C)O)c2c(c1)OC(C)(C)OC2=O. The van der Waals surface area contributed by atoms with Crippen molar-refractivity contribution in [2.45, 2.75) is 118 Å². The Hall–Kier alpha value is -2.88. The molecule has 0 bridgehead atoms. The fourth-order valence-electron chi connectivity index (χ4n) is 4.94. The molecule has 1 aromatic rings. The van der Waals surface area contributed by atoms with E-state index >= 15 is 0 Å². The van der Waals surface area contributed by atoms with E-state index in [9.17, 15) is 14.7 Å². The molecule has 234 valence electrons. The van der Waals surface area contributed by atoms with Crippen molar-refractivity contribution in [1.82, 2.24) is 0 Å². The second kappa shape index (κ2) is 12.8. The lowest BCUT2D eigenvalue weighted by Gasteiger charge is -2.33. The highest BCUT2D eigenvalue weighted by atomic mass is 16.8. The van der Waals surface area contributed by atoms with E-state index < -0.39 is 35.3 Å². The molecular weight excluding hydrogens is 538 g/mol. The van der Waals surface area contributed by atoms with Gasteiger partial charge in [-0.2, -0.15) is 0 Å². The van der Waals surface area contributed by atoms with Gasteiger partial charge < -0.3 is 28.8 Å². The summed E-state index contributed by atoms with van der Waals surface area (Å²) in [4.78, 5) is 27.7. The molecule has 1 amide bonds. The van der Waals surface area contributed by atoms with Crippen LogP contribution in [0.25, 0.3) is 6.08 Å². The summed E-state index contributed by atoms with van der Waals surface area (Å²) < 4.78 is 29.7. The second-order valence-corrected chi connectivity index (χ2v) is 13.1. The normalized spacial score (nSPS) is 23.7. The van der Waals surface area contributed by atoms with Crippen LogP contribution in [0.2, 0.25) is 0 Å². The van der Waals surface area contributed by atoms with Crippen LogP contribution in [0.5, 0.6) is 5.75 Å². The van der Waals surface area contributed by atoms with Gasteiger partial charge in [0.25, 0.3) is 0 Å². The van der Waals surface area contributed by atoms with Crippen LogP contribution in [0.15, 0.2) is 30.4 Å². The summed E-state index contributed by atoms with van der Waals surface area (Å²) in [6.07, 6.45) is 6.97. The third kappa shape index (κ3) is 8.58. The van der Waals surface area contributed by atoms with E-state index in [0.29, 0.717) is 35.5 Å². The zero-order valence-electron chi connectivity index (χ0n) is 27.0. The number of anilines is 1. The first-order valence-electron chi connectivity index (χ1n) is 14.8. The zero-order valence-corrected chi connectivity index (χ0v) is 27.0. The van der Waals surface area contributed by atoms with Crippen LogP contribution in [0, 0.1) is 11.8 Å². The molecule has 2 aliphatic heterocycles. The van der Waals surface area contributed by atoms with Gasteiger partial charge in [0.15, 0.2) is 5.79 Å². The topological polar surface area (TPSA) is 104 Å². The van der Waals surface area contributed by atoms with E-state index in [1.165, 1.54) is 4.90 Å². The molecule has 0 radical (unpaired) electrons. The van der Waals surface area contributed by atoms with Crippen LogP contribution >= 0.6 is 0 Å². The van der Waals surface area contributed by atoms with Crippen LogP contribution in [-0.2, 0) is 18.9 Å². The van der Waals surface area contributed by atoms with Crippen molar-refractivity contribution in [1.29, 1.82) is 0 Å². The van der Waals surface area contributed by atoms with Crippen molar-refractivity contribution in [2.75, 3.05) is 11.4 Å². The van der Waals surface area contributed by atoms with Gasteiger partial charge in [-0.05, 0) is 72.4 Å². The van der Waals surface area contributed by atoms with Crippen molar-refractivity contribution in [2.24, 2.45) is 11.8 Å². The molecule has 1 fully saturated rings. The molecule has 2 aliphatic rings. The number of nitrogens with zero attached hydrogens (tertiary/aromatic N) is 1. The van der Waals surface area contributed by atoms with Crippen molar-refractivity contribution in [3.63, 3.8) is 0 Å². The third-order valence-corrected chi connectivity index (χ3v) is 7.14. The molecule has 5 atom stereocenters. The smallest absolute Gasteiger partial charge is 0.414 e. The third-order valence-electron chi connectivity index (χ3n) is 7.14. The largest absolute Gasteiger partial charge is 0.452 e. The lowest BCUT2D eigenvalue weighted by Crippen LogP contribution is -2.40. The van der Waals surface area contributed by atoms with Gasteiger partial charge in [-0.1, -0.05) is 38.2 Å². The number of hydrogen-bond donors (Lipinski definition) is 1. The zero-order chi connectivity index (χ0) is 31.6. The predicted molar refractivity (Wildman–Crippen MR) is 162 cm³/mol. The van der Waals surface area contributed by atoms with Gasteiger partial charge in [-0.15, -0.1) is 0 Å². The van der Waals surface area contributed by atoms with Crippen molar-refractivity contribution in [3.8, 4) is 5.75 Å². The van der Waals surface area contributed by atoms with Gasteiger partial charge in [0, 0.05) is 32.4 Å². The van der Waals surface area contributed by atoms with E-state index in [0.717, 1.165) is 0 Å². The Kier molecular flexibility index (Phi) is 10.2. The number of hydrogen-bond acceptors (Lipinski definition) is 8. The molecule has 9 heteroatoms. The molecule has 2 heterocycles. The fourth-order valence-corrected chi connectivity index (χ4v) is 4.94. The Morgan fingerprint density at radius 1 is 1.07 bits per heavy atom. The molecule has 1 N–H and O–H groups in total. The lowest BCUT2D eigenvalue weighted by molar-refractivity contribution is -0.148. The first-order valence-corrected chi connectivity index (χ1v) is 14.8. The number of rotatable bonds is 9.